The zero-order chi connectivity index (χ0) is 15.6. The van der Waals surface area contributed by atoms with Crippen LogP contribution in [0.4, 0.5) is 11.6 Å². The molecule has 1 aromatic carbocycles. The topological polar surface area (TPSA) is 133 Å². The summed E-state index contributed by atoms with van der Waals surface area (Å²) in [5.41, 5.74) is 0.748. The number of aromatic nitrogens is 2. The Bertz CT molecular complexity index is 766. The molecule has 0 aliphatic carbocycles. The van der Waals surface area contributed by atoms with E-state index in [0.717, 1.165) is 5.56 Å². The summed E-state index contributed by atoms with van der Waals surface area (Å²) in [5, 5.41) is 18.7. The van der Waals surface area contributed by atoms with Crippen LogP contribution in [-0.4, -0.2) is 22.9 Å². The Kier molecular flexibility index (Phi) is 3.91. The lowest BCUT2D eigenvalue weighted by Crippen LogP contribution is -2.12. The maximum Gasteiger partial charge on any atom is 0.406 e. The summed E-state index contributed by atoms with van der Waals surface area (Å²) in [4.78, 5) is 13.9. The maximum absolute atomic E-state index is 11.1. The summed E-state index contributed by atoms with van der Waals surface area (Å²) < 4.78 is 23.8. The highest BCUT2D eigenvalue weighted by Crippen LogP contribution is 2.21. The standard InChI is InChI=1S/C11H13N5O4S/c1-15-7-14-11(16(17)18)10(15)13-6-8-2-4-9(5-3-8)21(12,19)20/h2-5,7,13H,6H2,1H3,(H2,12,19,20). The van der Waals surface area contributed by atoms with Crippen LogP contribution in [0.15, 0.2) is 35.5 Å². The number of hydrogen-bond donors (Lipinski definition) is 2. The SMILES string of the molecule is Cn1cnc([N+](=O)[O-])c1NCc1ccc(S(N)(=O)=O)cc1. The third kappa shape index (κ3) is 3.35. The first-order chi connectivity index (χ1) is 9.79. The molecule has 0 aliphatic heterocycles. The fourth-order valence-electron chi connectivity index (χ4n) is 1.74. The molecule has 0 amide bonds. The largest absolute Gasteiger partial charge is 0.406 e. The van der Waals surface area contributed by atoms with Gasteiger partial charge < -0.3 is 15.4 Å². The van der Waals surface area contributed by atoms with Crippen molar-refractivity contribution in [3.8, 4) is 0 Å². The van der Waals surface area contributed by atoms with Gasteiger partial charge in [0.15, 0.2) is 0 Å². The Balaban J connectivity index is 2.14. The first kappa shape index (κ1) is 14.9. The number of imidazole rings is 1. The van der Waals surface area contributed by atoms with E-state index in [1.165, 1.54) is 23.0 Å². The molecule has 0 fully saturated rings. The van der Waals surface area contributed by atoms with Gasteiger partial charge in [-0.05, 0) is 27.6 Å². The highest BCUT2D eigenvalue weighted by Gasteiger charge is 2.19. The molecule has 0 radical (unpaired) electrons. The Hall–Kier alpha value is -2.46. The van der Waals surface area contributed by atoms with Gasteiger partial charge in [0.05, 0.1) is 4.90 Å². The summed E-state index contributed by atoms with van der Waals surface area (Å²) in [5.74, 6) is 0.00850. The molecule has 1 aromatic heterocycles. The molecule has 112 valence electrons. The van der Waals surface area contributed by atoms with E-state index >= 15 is 0 Å². The second-order valence-corrected chi connectivity index (χ2v) is 5.89. The number of sulfonamides is 1. The summed E-state index contributed by atoms with van der Waals surface area (Å²) in [7, 11) is -2.09. The molecule has 2 aromatic rings. The lowest BCUT2D eigenvalue weighted by molar-refractivity contribution is -0.388. The Labute approximate surface area is 120 Å². The van der Waals surface area contributed by atoms with Crippen molar-refractivity contribution in [2.45, 2.75) is 11.4 Å². The Morgan fingerprint density at radius 3 is 2.52 bits per heavy atom. The molecule has 0 spiro atoms. The molecule has 9 nitrogen and oxygen atoms in total. The van der Waals surface area contributed by atoms with Crippen molar-refractivity contribution in [3.05, 3.63) is 46.3 Å². The normalized spacial score (nSPS) is 11.3. The first-order valence-electron chi connectivity index (χ1n) is 5.80. The van der Waals surface area contributed by atoms with Crippen LogP contribution in [-0.2, 0) is 23.6 Å². The minimum Gasteiger partial charge on any atom is -0.360 e. The van der Waals surface area contributed by atoms with Crippen molar-refractivity contribution < 1.29 is 13.3 Å². The van der Waals surface area contributed by atoms with Crippen LogP contribution in [0, 0.1) is 10.1 Å². The number of hydrogen-bond acceptors (Lipinski definition) is 6. The molecule has 0 saturated heterocycles. The van der Waals surface area contributed by atoms with Crippen molar-refractivity contribution in [2.24, 2.45) is 12.2 Å². The molecule has 2 rings (SSSR count). The molecule has 0 atom stereocenters. The van der Waals surface area contributed by atoms with E-state index in [9.17, 15) is 18.5 Å². The number of rotatable bonds is 5. The van der Waals surface area contributed by atoms with Crippen molar-refractivity contribution >= 4 is 21.7 Å². The van der Waals surface area contributed by atoms with Crippen LogP contribution in [0.25, 0.3) is 0 Å². The molecule has 0 saturated carbocycles. The van der Waals surface area contributed by atoms with E-state index < -0.39 is 14.9 Å². The van der Waals surface area contributed by atoms with Gasteiger partial charge in [-0.3, -0.25) is 4.57 Å². The van der Waals surface area contributed by atoms with E-state index in [-0.39, 0.29) is 23.1 Å². The smallest absolute Gasteiger partial charge is 0.360 e. The zero-order valence-corrected chi connectivity index (χ0v) is 11.9. The second-order valence-electron chi connectivity index (χ2n) is 4.33. The van der Waals surface area contributed by atoms with Crippen LogP contribution in [0.1, 0.15) is 5.56 Å². The van der Waals surface area contributed by atoms with E-state index in [0.29, 0.717) is 0 Å². The number of benzene rings is 1. The summed E-state index contributed by atoms with van der Waals surface area (Å²) >= 11 is 0. The fraction of sp³-hybridized carbons (Fsp3) is 0.182. The number of nitrogens with zero attached hydrogens (tertiary/aromatic N) is 3. The molecular formula is C11H13N5O4S. The number of primary sulfonamides is 1. The van der Waals surface area contributed by atoms with Crippen LogP contribution >= 0.6 is 0 Å². The van der Waals surface area contributed by atoms with Gasteiger partial charge in [0.25, 0.3) is 0 Å². The zero-order valence-electron chi connectivity index (χ0n) is 11.1. The van der Waals surface area contributed by atoms with Crippen molar-refractivity contribution in [1.29, 1.82) is 0 Å². The van der Waals surface area contributed by atoms with Gasteiger partial charge in [-0.25, -0.2) is 13.6 Å². The van der Waals surface area contributed by atoms with Crippen molar-refractivity contribution in [3.63, 3.8) is 0 Å². The Morgan fingerprint density at radius 1 is 1.38 bits per heavy atom. The minimum atomic E-state index is -3.73. The van der Waals surface area contributed by atoms with Crippen LogP contribution in [0.3, 0.4) is 0 Å². The van der Waals surface area contributed by atoms with Gasteiger partial charge in [0, 0.05) is 13.6 Å². The van der Waals surface area contributed by atoms with Crippen molar-refractivity contribution in [1.82, 2.24) is 9.55 Å². The number of nitro groups is 1. The minimum absolute atomic E-state index is 0.0118. The van der Waals surface area contributed by atoms with Crippen molar-refractivity contribution in [2.75, 3.05) is 5.32 Å². The monoisotopic (exact) mass is 311 g/mol. The second kappa shape index (κ2) is 5.50. The molecule has 1 heterocycles. The molecule has 0 unspecified atom stereocenters. The predicted octanol–water partition coefficient (Wildman–Crippen LogP) is 0.588. The predicted molar refractivity (Wildman–Crippen MR) is 75.0 cm³/mol. The summed E-state index contributed by atoms with van der Waals surface area (Å²) in [6.07, 6.45) is 1.34. The Morgan fingerprint density at radius 2 is 2.00 bits per heavy atom. The molecule has 10 heteroatoms. The number of anilines is 1. The highest BCUT2D eigenvalue weighted by molar-refractivity contribution is 7.89. The maximum atomic E-state index is 11.1. The number of nitrogens with two attached hydrogens (primary N) is 1. The molecule has 0 bridgehead atoms. The molecular weight excluding hydrogens is 298 g/mol. The van der Waals surface area contributed by atoms with E-state index in [4.69, 9.17) is 5.14 Å². The van der Waals surface area contributed by atoms with Gasteiger partial charge in [-0.1, -0.05) is 12.1 Å². The van der Waals surface area contributed by atoms with E-state index in [2.05, 4.69) is 10.3 Å². The third-order valence-corrected chi connectivity index (χ3v) is 3.73. The molecule has 21 heavy (non-hydrogen) atoms. The molecule has 3 N–H and O–H groups in total. The quantitative estimate of drug-likeness (QED) is 0.613. The van der Waals surface area contributed by atoms with Gasteiger partial charge in [-0.15, -0.1) is 0 Å². The number of aryl methyl sites for hydroxylation is 1. The lowest BCUT2D eigenvalue weighted by Gasteiger charge is -2.07. The van der Waals surface area contributed by atoms with Crippen LogP contribution in [0.5, 0.6) is 0 Å². The van der Waals surface area contributed by atoms with E-state index in [1.807, 2.05) is 0 Å². The van der Waals surface area contributed by atoms with Gasteiger partial charge in [0.1, 0.15) is 0 Å². The summed E-state index contributed by atoms with van der Waals surface area (Å²) in [6.45, 7) is 0.283. The van der Waals surface area contributed by atoms with Crippen LogP contribution < -0.4 is 10.5 Å². The average molecular weight is 311 g/mol. The van der Waals surface area contributed by atoms with E-state index in [1.54, 1.807) is 19.2 Å². The van der Waals surface area contributed by atoms with Crippen LogP contribution in [0.2, 0.25) is 0 Å². The fourth-order valence-corrected chi connectivity index (χ4v) is 2.25. The first-order valence-corrected chi connectivity index (χ1v) is 7.35. The highest BCUT2D eigenvalue weighted by atomic mass is 32.2. The van der Waals surface area contributed by atoms with Gasteiger partial charge >= 0.3 is 5.82 Å². The molecule has 0 aliphatic rings. The number of nitrogens with one attached hydrogen (secondary N) is 1. The average Bonchev–Trinajstić information content (AvgIpc) is 2.77. The third-order valence-electron chi connectivity index (χ3n) is 2.80. The van der Waals surface area contributed by atoms with Gasteiger partial charge in [0.2, 0.25) is 22.2 Å². The summed E-state index contributed by atoms with van der Waals surface area (Å²) in [6, 6.07) is 5.91. The van der Waals surface area contributed by atoms with Gasteiger partial charge in [-0.2, -0.15) is 0 Å². The lowest BCUT2D eigenvalue weighted by atomic mass is 10.2.